The minimum Gasteiger partial charge on any atom is -0.405 e. The molecule has 1 rings (SSSR count). The molecule has 0 aromatic heterocycles. The van der Waals surface area contributed by atoms with Crippen molar-refractivity contribution in [2.75, 3.05) is 0 Å². The van der Waals surface area contributed by atoms with E-state index in [1.54, 1.807) is 12.5 Å². The smallest absolute Gasteiger partial charge is 0.0888 e. The van der Waals surface area contributed by atoms with E-state index in [4.69, 9.17) is 5.73 Å². The Labute approximate surface area is 85.8 Å². The van der Waals surface area contributed by atoms with Gasteiger partial charge in [0.25, 0.3) is 0 Å². The Morgan fingerprint density at radius 3 is 2.57 bits per heavy atom. The Kier molecular flexibility index (Phi) is 2.99. The molecule has 0 aromatic rings. The summed E-state index contributed by atoms with van der Waals surface area (Å²) in [4.78, 5) is 4.34. The van der Waals surface area contributed by atoms with Gasteiger partial charge in [0.05, 0.1) is 18.1 Å². The molecule has 1 atom stereocenters. The number of hydrogen-bond donors (Lipinski definition) is 2. The van der Waals surface area contributed by atoms with E-state index in [-0.39, 0.29) is 11.5 Å². The van der Waals surface area contributed by atoms with Gasteiger partial charge in [-0.1, -0.05) is 20.8 Å². The summed E-state index contributed by atoms with van der Waals surface area (Å²) >= 11 is 0. The summed E-state index contributed by atoms with van der Waals surface area (Å²) in [5.41, 5.74) is 7.80. The minimum absolute atomic E-state index is 0.0722. The average Bonchev–Trinajstić information content (AvgIpc) is 2.45. The van der Waals surface area contributed by atoms with Crippen molar-refractivity contribution in [2.24, 2.45) is 16.1 Å². The monoisotopic (exact) mass is 193 g/mol. The molecule has 0 aromatic carbocycles. The molecule has 0 aliphatic carbocycles. The van der Waals surface area contributed by atoms with Gasteiger partial charge in [-0.05, 0) is 30.2 Å². The molecule has 0 spiro atoms. The van der Waals surface area contributed by atoms with Crippen molar-refractivity contribution in [2.45, 2.75) is 33.7 Å². The van der Waals surface area contributed by atoms with Gasteiger partial charge < -0.3 is 11.1 Å². The summed E-state index contributed by atoms with van der Waals surface area (Å²) in [5, 5.41) is 3.16. The third kappa shape index (κ3) is 2.16. The molecule has 1 heterocycles. The number of aliphatic imine (C=N–C) groups is 1. The van der Waals surface area contributed by atoms with Crippen LogP contribution < -0.4 is 11.1 Å². The van der Waals surface area contributed by atoms with Gasteiger partial charge in [0.15, 0.2) is 0 Å². The number of hydrogen-bond acceptors (Lipinski definition) is 3. The van der Waals surface area contributed by atoms with E-state index < -0.39 is 0 Å². The Morgan fingerprint density at radius 1 is 1.57 bits per heavy atom. The number of nitrogens with zero attached hydrogens (tertiary/aromatic N) is 1. The van der Waals surface area contributed by atoms with Crippen LogP contribution in [0.3, 0.4) is 0 Å². The Balaban J connectivity index is 3.15. The van der Waals surface area contributed by atoms with Crippen LogP contribution in [0.15, 0.2) is 28.5 Å². The second kappa shape index (κ2) is 3.86. The van der Waals surface area contributed by atoms with Crippen LogP contribution in [0.1, 0.15) is 27.7 Å². The summed E-state index contributed by atoms with van der Waals surface area (Å²) < 4.78 is 0. The first-order valence-electron chi connectivity index (χ1n) is 4.88. The molecule has 0 saturated heterocycles. The van der Waals surface area contributed by atoms with E-state index in [0.717, 1.165) is 5.70 Å². The molecule has 3 nitrogen and oxygen atoms in total. The van der Waals surface area contributed by atoms with Crippen molar-refractivity contribution in [3.8, 4) is 0 Å². The second-order valence-electron chi connectivity index (χ2n) is 4.55. The summed E-state index contributed by atoms with van der Waals surface area (Å²) in [6.07, 6.45) is 5.26. The first-order valence-corrected chi connectivity index (χ1v) is 4.88. The third-order valence-corrected chi connectivity index (χ3v) is 2.29. The first kappa shape index (κ1) is 10.8. The van der Waals surface area contributed by atoms with Gasteiger partial charge in [-0.15, -0.1) is 0 Å². The summed E-state index contributed by atoms with van der Waals surface area (Å²) in [6.45, 7) is 8.58. The molecule has 1 aliphatic heterocycles. The van der Waals surface area contributed by atoms with E-state index in [1.165, 1.54) is 5.57 Å². The lowest BCUT2D eigenvalue weighted by molar-refractivity contribution is 0.506. The largest absolute Gasteiger partial charge is 0.405 e. The molecule has 3 N–H and O–H groups in total. The zero-order valence-corrected chi connectivity index (χ0v) is 9.33. The lowest BCUT2D eigenvalue weighted by atomic mass is 9.84. The summed E-state index contributed by atoms with van der Waals surface area (Å²) in [5.74, 6) is 0. The van der Waals surface area contributed by atoms with Gasteiger partial charge in [0.2, 0.25) is 0 Å². The van der Waals surface area contributed by atoms with E-state index in [9.17, 15) is 0 Å². The lowest BCUT2D eigenvalue weighted by Gasteiger charge is -2.23. The van der Waals surface area contributed by atoms with Crippen LogP contribution in [0.4, 0.5) is 0 Å². The van der Waals surface area contributed by atoms with Crippen molar-refractivity contribution in [1.82, 2.24) is 5.32 Å². The molecule has 3 heteroatoms. The topological polar surface area (TPSA) is 50.4 Å². The van der Waals surface area contributed by atoms with Crippen LogP contribution >= 0.6 is 0 Å². The highest BCUT2D eigenvalue weighted by molar-refractivity contribution is 5.63. The van der Waals surface area contributed by atoms with Crippen molar-refractivity contribution < 1.29 is 0 Å². The normalized spacial score (nSPS) is 25.6. The van der Waals surface area contributed by atoms with Gasteiger partial charge in [-0.3, -0.25) is 0 Å². The highest BCUT2D eigenvalue weighted by atomic mass is 15.1. The quantitative estimate of drug-likeness (QED) is 0.667. The third-order valence-electron chi connectivity index (χ3n) is 2.29. The maximum atomic E-state index is 5.45. The van der Waals surface area contributed by atoms with Gasteiger partial charge in [-0.25, -0.2) is 4.99 Å². The second-order valence-corrected chi connectivity index (χ2v) is 4.55. The minimum atomic E-state index is 0.0722. The zero-order valence-electron chi connectivity index (χ0n) is 9.33. The van der Waals surface area contributed by atoms with Crippen molar-refractivity contribution in [3.63, 3.8) is 0 Å². The van der Waals surface area contributed by atoms with Crippen LogP contribution in [0.5, 0.6) is 0 Å². The molecule has 0 amide bonds. The van der Waals surface area contributed by atoms with E-state index >= 15 is 0 Å². The first-order chi connectivity index (χ1) is 6.46. The van der Waals surface area contributed by atoms with E-state index in [2.05, 4.69) is 38.0 Å². The fourth-order valence-corrected chi connectivity index (χ4v) is 1.53. The fraction of sp³-hybridized carbons (Fsp3) is 0.545. The molecule has 78 valence electrons. The molecular formula is C11H19N3. The van der Waals surface area contributed by atoms with Crippen molar-refractivity contribution >= 4 is 6.34 Å². The molecule has 0 bridgehead atoms. The molecule has 0 saturated carbocycles. The number of rotatable bonds is 1. The maximum Gasteiger partial charge on any atom is 0.0888 e. The van der Waals surface area contributed by atoms with Crippen molar-refractivity contribution in [1.29, 1.82) is 0 Å². The van der Waals surface area contributed by atoms with Crippen LogP contribution in [-0.2, 0) is 0 Å². The van der Waals surface area contributed by atoms with Crippen LogP contribution in [-0.4, -0.2) is 12.4 Å². The lowest BCUT2D eigenvalue weighted by Crippen LogP contribution is -2.22. The molecule has 1 unspecified atom stereocenters. The Morgan fingerprint density at radius 2 is 2.21 bits per heavy atom. The van der Waals surface area contributed by atoms with Gasteiger partial charge in [-0.2, -0.15) is 0 Å². The summed E-state index contributed by atoms with van der Waals surface area (Å²) in [7, 11) is 0. The van der Waals surface area contributed by atoms with E-state index in [0.29, 0.717) is 0 Å². The Bertz CT molecular complexity index is 292. The number of nitrogens with two attached hydrogens (primary N) is 1. The molecule has 0 radical (unpaired) electrons. The number of nitrogens with one attached hydrogen (secondary N) is 1. The zero-order chi connectivity index (χ0) is 10.8. The maximum absolute atomic E-state index is 5.45. The number of allylic oxidation sites excluding steroid dienone is 2. The predicted octanol–water partition coefficient (Wildman–Crippen LogP) is 1.78. The predicted molar refractivity (Wildman–Crippen MR) is 60.9 cm³/mol. The van der Waals surface area contributed by atoms with Crippen LogP contribution in [0, 0.1) is 5.41 Å². The fourth-order valence-electron chi connectivity index (χ4n) is 1.53. The van der Waals surface area contributed by atoms with Gasteiger partial charge in [0, 0.05) is 0 Å². The molecular weight excluding hydrogens is 174 g/mol. The standard InChI is InChI=1S/C11H19N3/c1-8-10(14-7-13-8)9(5-6-12)11(2,3)4/h5-8H,12H2,1-4H3,(H,13,14)/b6-5-,10-9-. The Hall–Kier alpha value is -1.25. The van der Waals surface area contributed by atoms with Gasteiger partial charge in [0.1, 0.15) is 0 Å². The van der Waals surface area contributed by atoms with Crippen molar-refractivity contribution in [3.05, 3.63) is 23.5 Å². The highest BCUT2D eigenvalue weighted by Crippen LogP contribution is 2.31. The van der Waals surface area contributed by atoms with Crippen LogP contribution in [0.2, 0.25) is 0 Å². The van der Waals surface area contributed by atoms with Crippen LogP contribution in [0.25, 0.3) is 0 Å². The SMILES string of the molecule is CC1NC=N/C1=C(/C=C\N)C(C)(C)C. The highest BCUT2D eigenvalue weighted by Gasteiger charge is 2.23. The van der Waals surface area contributed by atoms with E-state index in [1.807, 2.05) is 6.08 Å². The summed E-state index contributed by atoms with van der Waals surface area (Å²) in [6, 6.07) is 0.278. The molecule has 1 aliphatic rings. The molecule has 14 heavy (non-hydrogen) atoms. The van der Waals surface area contributed by atoms with Gasteiger partial charge >= 0.3 is 0 Å². The average molecular weight is 193 g/mol. The molecule has 0 fully saturated rings.